The Kier molecular flexibility index (Phi) is 3.69. The maximum Gasteiger partial charge on any atom is 0.252 e. The van der Waals surface area contributed by atoms with E-state index >= 15 is 0 Å². The zero-order chi connectivity index (χ0) is 10.7. The molecule has 1 N–H and O–H groups in total. The highest BCUT2D eigenvalue weighted by Gasteiger charge is 2.11. The van der Waals surface area contributed by atoms with Gasteiger partial charge in [-0.2, -0.15) is 0 Å². The van der Waals surface area contributed by atoms with Crippen LogP contribution in [0.3, 0.4) is 0 Å². The molecular weight excluding hydrogens is 194 g/mol. The van der Waals surface area contributed by atoms with Crippen LogP contribution in [0.2, 0.25) is 0 Å². The number of carbonyl (C=O) groups is 1. The lowest BCUT2D eigenvalue weighted by atomic mass is 10.1. The fraction of sp³-hybridized carbons (Fsp3) is 0.545. The van der Waals surface area contributed by atoms with Crippen LogP contribution in [0.1, 0.15) is 34.6 Å². The molecule has 0 radical (unpaired) electrons. The molecule has 1 heterocycles. The maximum atomic E-state index is 11.7. The van der Waals surface area contributed by atoms with E-state index in [0.29, 0.717) is 5.92 Å². The smallest absolute Gasteiger partial charge is 0.252 e. The van der Waals surface area contributed by atoms with Gasteiger partial charge in [0, 0.05) is 16.8 Å². The van der Waals surface area contributed by atoms with Crippen LogP contribution in [0.4, 0.5) is 0 Å². The number of carbonyl (C=O) groups excluding carboxylic acids is 1. The highest BCUT2D eigenvalue weighted by molar-refractivity contribution is 7.10. The van der Waals surface area contributed by atoms with E-state index in [4.69, 9.17) is 0 Å². The summed E-state index contributed by atoms with van der Waals surface area (Å²) in [5, 5.41) is 4.85. The van der Waals surface area contributed by atoms with E-state index in [1.54, 1.807) is 11.3 Å². The number of hydrogen-bond donors (Lipinski definition) is 1. The van der Waals surface area contributed by atoms with Gasteiger partial charge in [0.05, 0.1) is 5.56 Å². The molecule has 0 aliphatic heterocycles. The summed E-state index contributed by atoms with van der Waals surface area (Å²) in [7, 11) is 0. The van der Waals surface area contributed by atoms with Gasteiger partial charge in [-0.1, -0.05) is 13.8 Å². The number of nitrogens with one attached hydrogen (secondary N) is 1. The van der Waals surface area contributed by atoms with Crippen molar-refractivity contribution in [3.8, 4) is 0 Å². The third-order valence-corrected chi connectivity index (χ3v) is 3.21. The van der Waals surface area contributed by atoms with E-state index in [0.717, 1.165) is 17.7 Å². The Morgan fingerprint density at radius 2 is 2.14 bits per heavy atom. The largest absolute Gasteiger partial charge is 0.352 e. The predicted molar refractivity (Wildman–Crippen MR) is 61.0 cm³/mol. The third kappa shape index (κ3) is 2.58. The number of rotatable bonds is 3. The van der Waals surface area contributed by atoms with Crippen LogP contribution in [-0.4, -0.2) is 12.5 Å². The molecule has 78 valence electrons. The number of thiophene rings is 1. The number of aryl methyl sites for hydroxylation is 1. The van der Waals surface area contributed by atoms with E-state index in [-0.39, 0.29) is 5.91 Å². The maximum absolute atomic E-state index is 11.7. The molecule has 0 atom stereocenters. The van der Waals surface area contributed by atoms with E-state index in [1.807, 2.05) is 19.2 Å². The quantitative estimate of drug-likeness (QED) is 0.818. The summed E-state index contributed by atoms with van der Waals surface area (Å²) in [5.74, 6) is 0.555. The highest BCUT2D eigenvalue weighted by atomic mass is 32.1. The average molecular weight is 211 g/mol. The average Bonchev–Trinajstić information content (AvgIpc) is 2.44. The second-order valence-corrected chi connectivity index (χ2v) is 5.02. The molecule has 14 heavy (non-hydrogen) atoms. The summed E-state index contributed by atoms with van der Waals surface area (Å²) in [5.41, 5.74) is 1.93. The Morgan fingerprint density at radius 3 is 2.57 bits per heavy atom. The summed E-state index contributed by atoms with van der Waals surface area (Å²) in [6.45, 7) is 8.96. The molecule has 0 aliphatic carbocycles. The van der Waals surface area contributed by atoms with Crippen molar-refractivity contribution in [2.45, 2.75) is 27.7 Å². The van der Waals surface area contributed by atoms with Crippen LogP contribution < -0.4 is 5.32 Å². The first-order valence-corrected chi connectivity index (χ1v) is 5.73. The van der Waals surface area contributed by atoms with Gasteiger partial charge < -0.3 is 5.32 Å². The number of hydrogen-bond acceptors (Lipinski definition) is 2. The lowest BCUT2D eigenvalue weighted by Crippen LogP contribution is -2.27. The summed E-state index contributed by atoms with van der Waals surface area (Å²) in [6, 6.07) is 0. The molecule has 1 aromatic heterocycles. The molecule has 0 aliphatic rings. The van der Waals surface area contributed by atoms with Crippen LogP contribution in [0, 0.1) is 19.8 Å². The van der Waals surface area contributed by atoms with Gasteiger partial charge >= 0.3 is 0 Å². The zero-order valence-electron chi connectivity index (χ0n) is 9.18. The molecule has 0 aromatic carbocycles. The normalized spacial score (nSPS) is 10.6. The molecule has 0 spiro atoms. The van der Waals surface area contributed by atoms with Crippen molar-refractivity contribution in [3.63, 3.8) is 0 Å². The Balaban J connectivity index is 2.66. The van der Waals surface area contributed by atoms with Gasteiger partial charge in [0.1, 0.15) is 0 Å². The van der Waals surface area contributed by atoms with Gasteiger partial charge in [-0.15, -0.1) is 11.3 Å². The van der Waals surface area contributed by atoms with Gasteiger partial charge in [-0.3, -0.25) is 4.79 Å². The van der Waals surface area contributed by atoms with Crippen molar-refractivity contribution >= 4 is 17.2 Å². The van der Waals surface area contributed by atoms with E-state index in [1.165, 1.54) is 4.88 Å². The monoisotopic (exact) mass is 211 g/mol. The highest BCUT2D eigenvalue weighted by Crippen LogP contribution is 2.20. The van der Waals surface area contributed by atoms with Gasteiger partial charge in [-0.05, 0) is 25.3 Å². The topological polar surface area (TPSA) is 29.1 Å². The van der Waals surface area contributed by atoms with E-state index < -0.39 is 0 Å². The van der Waals surface area contributed by atoms with Crippen LogP contribution >= 0.6 is 11.3 Å². The summed E-state index contributed by atoms with van der Waals surface area (Å²) in [6.07, 6.45) is 0. The molecular formula is C11H17NOS. The second kappa shape index (κ2) is 4.60. The van der Waals surface area contributed by atoms with Gasteiger partial charge in [0.2, 0.25) is 0 Å². The van der Waals surface area contributed by atoms with Crippen molar-refractivity contribution in [2.75, 3.05) is 6.54 Å². The lowest BCUT2D eigenvalue weighted by molar-refractivity contribution is 0.0949. The third-order valence-electron chi connectivity index (χ3n) is 2.20. The molecule has 0 fully saturated rings. The number of amides is 1. The minimum atomic E-state index is 0.0561. The molecule has 0 saturated heterocycles. The minimum absolute atomic E-state index is 0.0561. The van der Waals surface area contributed by atoms with Crippen LogP contribution in [0.5, 0.6) is 0 Å². The zero-order valence-corrected chi connectivity index (χ0v) is 9.99. The predicted octanol–water partition coefficient (Wildman–Crippen LogP) is 2.75. The van der Waals surface area contributed by atoms with Gasteiger partial charge in [-0.25, -0.2) is 0 Å². The molecule has 0 bridgehead atoms. The summed E-state index contributed by atoms with van der Waals surface area (Å²) in [4.78, 5) is 12.9. The Labute approximate surface area is 89.3 Å². The van der Waals surface area contributed by atoms with Crippen molar-refractivity contribution in [1.82, 2.24) is 5.32 Å². The second-order valence-electron chi connectivity index (χ2n) is 3.93. The summed E-state index contributed by atoms with van der Waals surface area (Å²) >= 11 is 1.63. The van der Waals surface area contributed by atoms with Crippen LogP contribution in [0.25, 0.3) is 0 Å². The van der Waals surface area contributed by atoms with E-state index in [2.05, 4.69) is 19.2 Å². The Hall–Kier alpha value is -0.830. The molecule has 1 rings (SSSR count). The molecule has 3 heteroatoms. The van der Waals surface area contributed by atoms with Crippen molar-refractivity contribution in [2.24, 2.45) is 5.92 Å². The molecule has 1 amide bonds. The first-order chi connectivity index (χ1) is 6.52. The first kappa shape index (κ1) is 11.2. The van der Waals surface area contributed by atoms with Crippen molar-refractivity contribution in [3.05, 3.63) is 21.4 Å². The van der Waals surface area contributed by atoms with Crippen LogP contribution in [-0.2, 0) is 0 Å². The minimum Gasteiger partial charge on any atom is -0.352 e. The molecule has 0 saturated carbocycles. The molecule has 2 nitrogen and oxygen atoms in total. The van der Waals surface area contributed by atoms with Crippen molar-refractivity contribution in [1.29, 1.82) is 0 Å². The van der Waals surface area contributed by atoms with Crippen molar-refractivity contribution < 1.29 is 4.79 Å². The Bertz CT molecular complexity index is 328. The lowest BCUT2D eigenvalue weighted by Gasteiger charge is -2.07. The standard InChI is InChI=1S/C11H17NOS/c1-7(2)5-12-11(13)10-6-14-9(4)8(10)3/h6-7H,5H2,1-4H3,(H,12,13). The fourth-order valence-electron chi connectivity index (χ4n) is 1.13. The SMILES string of the molecule is Cc1scc(C(=O)NCC(C)C)c1C. The van der Waals surface area contributed by atoms with Crippen LogP contribution in [0.15, 0.2) is 5.38 Å². The van der Waals surface area contributed by atoms with Gasteiger partial charge in [0.25, 0.3) is 5.91 Å². The molecule has 0 unspecified atom stereocenters. The van der Waals surface area contributed by atoms with E-state index in [9.17, 15) is 4.79 Å². The summed E-state index contributed by atoms with van der Waals surface area (Å²) < 4.78 is 0. The first-order valence-electron chi connectivity index (χ1n) is 4.85. The molecule has 1 aromatic rings. The fourth-order valence-corrected chi connectivity index (χ4v) is 1.99. The Morgan fingerprint density at radius 1 is 1.50 bits per heavy atom. The van der Waals surface area contributed by atoms with Gasteiger partial charge in [0.15, 0.2) is 0 Å².